The van der Waals surface area contributed by atoms with E-state index in [1.807, 2.05) is 24.0 Å². The van der Waals surface area contributed by atoms with Gasteiger partial charge in [0.1, 0.15) is 17.3 Å². The molecule has 2 aromatic rings. The topological polar surface area (TPSA) is 84.8 Å². The first-order chi connectivity index (χ1) is 13.5. The van der Waals surface area contributed by atoms with Crippen LogP contribution in [0.2, 0.25) is 0 Å². The number of rotatable bonds is 6. The monoisotopic (exact) mass is 385 g/mol. The zero-order valence-corrected chi connectivity index (χ0v) is 16.6. The van der Waals surface area contributed by atoms with E-state index in [4.69, 9.17) is 9.47 Å². The number of hydrogen-bond acceptors (Lipinski definition) is 6. The number of aryl methyl sites for hydroxylation is 1. The minimum absolute atomic E-state index is 0.0660. The smallest absolute Gasteiger partial charge is 0.227 e. The minimum Gasteiger partial charge on any atom is -0.497 e. The molecule has 1 aliphatic heterocycles. The molecule has 3 rings (SSSR count). The summed E-state index contributed by atoms with van der Waals surface area (Å²) in [6.07, 6.45) is 3.82. The summed E-state index contributed by atoms with van der Waals surface area (Å²) in [5.74, 6) is 2.20. The molecule has 0 aliphatic carbocycles. The molecule has 0 spiro atoms. The van der Waals surface area contributed by atoms with Crippen LogP contribution in [0.3, 0.4) is 0 Å². The number of methoxy groups -OCH3 is 2. The lowest BCUT2D eigenvalue weighted by Crippen LogP contribution is -2.40. The van der Waals surface area contributed by atoms with Crippen LogP contribution in [-0.4, -0.2) is 53.2 Å². The zero-order chi connectivity index (χ0) is 20.1. The van der Waals surface area contributed by atoms with Crippen molar-refractivity contribution in [2.75, 3.05) is 27.3 Å². The second-order valence-electron chi connectivity index (χ2n) is 7.06. The molecule has 0 saturated carbocycles. The highest BCUT2D eigenvalue weighted by Crippen LogP contribution is 2.29. The first-order valence-electron chi connectivity index (χ1n) is 9.47. The van der Waals surface area contributed by atoms with Crippen LogP contribution in [0.5, 0.6) is 11.5 Å². The van der Waals surface area contributed by atoms with E-state index in [-0.39, 0.29) is 24.9 Å². The third-order valence-electron chi connectivity index (χ3n) is 5.12. The Morgan fingerprint density at radius 1 is 1.25 bits per heavy atom. The lowest BCUT2D eigenvalue weighted by molar-refractivity contribution is -0.131. The molecule has 150 valence electrons. The van der Waals surface area contributed by atoms with E-state index in [0.29, 0.717) is 23.9 Å². The van der Waals surface area contributed by atoms with Crippen molar-refractivity contribution in [2.45, 2.75) is 38.7 Å². The van der Waals surface area contributed by atoms with Gasteiger partial charge in [0.05, 0.1) is 32.9 Å². The van der Waals surface area contributed by atoms with E-state index >= 15 is 0 Å². The summed E-state index contributed by atoms with van der Waals surface area (Å²) in [5.41, 5.74) is 2.45. The molecule has 28 heavy (non-hydrogen) atoms. The number of benzene rings is 1. The maximum absolute atomic E-state index is 12.9. The molecule has 1 atom stereocenters. The molecule has 7 heteroatoms. The van der Waals surface area contributed by atoms with Gasteiger partial charge in [-0.05, 0) is 37.5 Å². The first-order valence-corrected chi connectivity index (χ1v) is 9.47. The Balaban J connectivity index is 1.74. The van der Waals surface area contributed by atoms with Gasteiger partial charge >= 0.3 is 0 Å². The van der Waals surface area contributed by atoms with Crippen molar-refractivity contribution in [2.24, 2.45) is 0 Å². The largest absolute Gasteiger partial charge is 0.497 e. The van der Waals surface area contributed by atoms with Gasteiger partial charge in [-0.15, -0.1) is 0 Å². The van der Waals surface area contributed by atoms with Gasteiger partial charge in [0.25, 0.3) is 0 Å². The molecule has 1 aliphatic rings. The van der Waals surface area contributed by atoms with Gasteiger partial charge in [-0.25, -0.2) is 9.97 Å². The quantitative estimate of drug-likeness (QED) is 0.821. The van der Waals surface area contributed by atoms with Crippen LogP contribution in [0.4, 0.5) is 0 Å². The van der Waals surface area contributed by atoms with Gasteiger partial charge in [0, 0.05) is 36.8 Å². The van der Waals surface area contributed by atoms with Crippen LogP contribution in [0.1, 0.15) is 41.4 Å². The number of aliphatic hydroxyl groups excluding tert-OH is 1. The number of carbonyl (C=O) groups is 1. The number of aliphatic hydroxyl groups is 1. The Morgan fingerprint density at radius 2 is 1.96 bits per heavy atom. The second kappa shape index (κ2) is 9.01. The van der Waals surface area contributed by atoms with Gasteiger partial charge in [0.15, 0.2) is 0 Å². The summed E-state index contributed by atoms with van der Waals surface area (Å²) >= 11 is 0. The molecule has 1 N–H and O–H groups in total. The summed E-state index contributed by atoms with van der Waals surface area (Å²) in [6, 6.07) is 5.51. The van der Waals surface area contributed by atoms with Gasteiger partial charge in [0.2, 0.25) is 5.91 Å². The van der Waals surface area contributed by atoms with Crippen molar-refractivity contribution in [1.82, 2.24) is 14.9 Å². The number of aromatic nitrogens is 2. The van der Waals surface area contributed by atoms with Crippen molar-refractivity contribution in [3.63, 3.8) is 0 Å². The third kappa shape index (κ3) is 4.59. The SMILES string of the molecule is COc1cc(CC(=O)N2CCCC(c3nc(C)ncc3CO)C2)cc(OC)c1. The van der Waals surface area contributed by atoms with Crippen LogP contribution < -0.4 is 9.47 Å². The molecule has 0 bridgehead atoms. The highest BCUT2D eigenvalue weighted by Gasteiger charge is 2.27. The van der Waals surface area contributed by atoms with E-state index in [1.165, 1.54) is 0 Å². The van der Waals surface area contributed by atoms with Crippen molar-refractivity contribution >= 4 is 5.91 Å². The second-order valence-corrected chi connectivity index (χ2v) is 7.06. The highest BCUT2D eigenvalue weighted by atomic mass is 16.5. The van der Waals surface area contributed by atoms with E-state index in [1.54, 1.807) is 26.5 Å². The van der Waals surface area contributed by atoms with Gasteiger partial charge < -0.3 is 19.5 Å². The van der Waals surface area contributed by atoms with E-state index in [2.05, 4.69) is 9.97 Å². The Morgan fingerprint density at radius 3 is 2.61 bits per heavy atom. The predicted octanol–water partition coefficient (Wildman–Crippen LogP) is 2.24. The molecule has 7 nitrogen and oxygen atoms in total. The molecule has 1 unspecified atom stereocenters. The van der Waals surface area contributed by atoms with Crippen LogP contribution in [0.15, 0.2) is 24.4 Å². The molecule has 1 amide bonds. The molecule has 1 aromatic carbocycles. The number of piperidine rings is 1. The Labute approximate surface area is 165 Å². The zero-order valence-electron chi connectivity index (χ0n) is 16.6. The Hall–Kier alpha value is -2.67. The van der Waals surface area contributed by atoms with E-state index in [9.17, 15) is 9.90 Å². The molecule has 0 radical (unpaired) electrons. The average Bonchev–Trinajstić information content (AvgIpc) is 2.73. The summed E-state index contributed by atoms with van der Waals surface area (Å²) < 4.78 is 10.6. The fraction of sp³-hybridized carbons (Fsp3) is 0.476. The fourth-order valence-corrected chi connectivity index (χ4v) is 3.67. The third-order valence-corrected chi connectivity index (χ3v) is 5.12. The van der Waals surface area contributed by atoms with Gasteiger partial charge in [-0.2, -0.15) is 0 Å². The van der Waals surface area contributed by atoms with Crippen molar-refractivity contribution in [3.05, 3.63) is 47.0 Å². The maximum atomic E-state index is 12.9. The number of nitrogens with zero attached hydrogens (tertiary/aromatic N) is 3. The summed E-state index contributed by atoms with van der Waals surface area (Å²) in [6.45, 7) is 3.08. The van der Waals surface area contributed by atoms with Crippen LogP contribution in [0, 0.1) is 6.92 Å². The molecule has 2 heterocycles. The number of likely N-dealkylation sites (tertiary alicyclic amines) is 1. The average molecular weight is 385 g/mol. The Bertz CT molecular complexity index is 818. The van der Waals surface area contributed by atoms with Crippen molar-refractivity contribution in [3.8, 4) is 11.5 Å². The summed E-state index contributed by atoms with van der Waals surface area (Å²) in [7, 11) is 3.19. The van der Waals surface area contributed by atoms with Gasteiger partial charge in [-0.3, -0.25) is 4.79 Å². The predicted molar refractivity (Wildman–Crippen MR) is 104 cm³/mol. The van der Waals surface area contributed by atoms with Crippen LogP contribution in [-0.2, 0) is 17.8 Å². The van der Waals surface area contributed by atoms with Crippen LogP contribution in [0.25, 0.3) is 0 Å². The lowest BCUT2D eigenvalue weighted by Gasteiger charge is -2.33. The van der Waals surface area contributed by atoms with Crippen molar-refractivity contribution < 1.29 is 19.4 Å². The number of hydrogen-bond donors (Lipinski definition) is 1. The highest BCUT2D eigenvalue weighted by molar-refractivity contribution is 5.79. The van der Waals surface area contributed by atoms with Gasteiger partial charge in [-0.1, -0.05) is 0 Å². The molecule has 1 fully saturated rings. The molecule has 1 aromatic heterocycles. The summed E-state index contributed by atoms with van der Waals surface area (Å²) in [4.78, 5) is 23.5. The molecular weight excluding hydrogens is 358 g/mol. The van der Waals surface area contributed by atoms with E-state index < -0.39 is 0 Å². The first kappa shape index (κ1) is 20.1. The summed E-state index contributed by atoms with van der Waals surface area (Å²) in [5, 5.41) is 9.62. The maximum Gasteiger partial charge on any atom is 0.227 e. The number of carbonyl (C=O) groups excluding carboxylic acids is 1. The molecular formula is C21H27N3O4. The lowest BCUT2D eigenvalue weighted by atomic mass is 9.91. The van der Waals surface area contributed by atoms with E-state index in [0.717, 1.165) is 36.2 Å². The van der Waals surface area contributed by atoms with Crippen molar-refractivity contribution in [1.29, 1.82) is 0 Å². The number of amides is 1. The normalized spacial score (nSPS) is 16.7. The molecule has 1 saturated heterocycles. The number of ether oxygens (including phenoxy) is 2. The minimum atomic E-state index is -0.0936. The van der Waals surface area contributed by atoms with Crippen LogP contribution >= 0.6 is 0 Å². The Kier molecular flexibility index (Phi) is 6.46. The standard InChI is InChI=1S/C21H27N3O4/c1-14-22-11-17(13-25)21(23-14)16-5-4-6-24(12-16)20(26)9-15-7-18(27-2)10-19(8-15)28-3/h7-8,10-11,16,25H,4-6,9,12-13H2,1-3H3. The fourth-order valence-electron chi connectivity index (χ4n) is 3.67.